The molecule has 1 amide bonds. The summed E-state index contributed by atoms with van der Waals surface area (Å²) in [6.45, 7) is 2.36. The van der Waals surface area contributed by atoms with E-state index in [-0.39, 0.29) is 17.5 Å². The molecule has 0 unspecified atom stereocenters. The monoisotopic (exact) mass is 332 g/mol. The van der Waals surface area contributed by atoms with E-state index >= 15 is 0 Å². The molecule has 0 aromatic heterocycles. The average molecular weight is 333 g/mol. The number of carbonyl (C=O) groups is 1. The van der Waals surface area contributed by atoms with Gasteiger partial charge in [0.25, 0.3) is 0 Å². The second-order valence-corrected chi connectivity index (χ2v) is 6.22. The van der Waals surface area contributed by atoms with Crippen LogP contribution in [0.15, 0.2) is 42.5 Å². The number of nitrogens with zero attached hydrogens (tertiary/aromatic N) is 1. The number of aryl methyl sites for hydroxylation is 1. The number of para-hydroxylation sites is 1. The highest BCUT2D eigenvalue weighted by atomic mass is 35.5. The first-order valence-corrected chi connectivity index (χ1v) is 8.02. The Balaban J connectivity index is 1.75. The second kappa shape index (κ2) is 6.59. The summed E-state index contributed by atoms with van der Waals surface area (Å²) in [5.41, 5.74) is 2.79. The molecule has 0 fully saturated rings. The van der Waals surface area contributed by atoms with Gasteiger partial charge >= 0.3 is 0 Å². The maximum atomic E-state index is 13.1. The summed E-state index contributed by atoms with van der Waals surface area (Å²) in [5, 5.41) is 2.96. The molecule has 0 spiro atoms. The van der Waals surface area contributed by atoms with Gasteiger partial charge in [-0.15, -0.1) is 0 Å². The number of amides is 1. The van der Waals surface area contributed by atoms with E-state index in [1.165, 1.54) is 23.8 Å². The van der Waals surface area contributed by atoms with Gasteiger partial charge in [0.2, 0.25) is 5.91 Å². The highest BCUT2D eigenvalue weighted by Gasteiger charge is 2.24. The summed E-state index contributed by atoms with van der Waals surface area (Å²) < 4.78 is 13.1. The lowest BCUT2D eigenvalue weighted by atomic mass is 9.96. The first-order valence-electron chi connectivity index (χ1n) is 7.64. The van der Waals surface area contributed by atoms with Crippen molar-refractivity contribution in [1.29, 1.82) is 0 Å². The third-order valence-electron chi connectivity index (χ3n) is 4.18. The van der Waals surface area contributed by atoms with Gasteiger partial charge in [-0.25, -0.2) is 4.39 Å². The van der Waals surface area contributed by atoms with Crippen LogP contribution in [0.2, 0.25) is 5.02 Å². The zero-order valence-corrected chi connectivity index (χ0v) is 13.6. The zero-order chi connectivity index (χ0) is 16.4. The number of anilines is 2. The van der Waals surface area contributed by atoms with Gasteiger partial charge in [-0.2, -0.15) is 0 Å². The van der Waals surface area contributed by atoms with Crippen LogP contribution in [0.4, 0.5) is 15.8 Å². The highest BCUT2D eigenvalue weighted by Crippen LogP contribution is 2.30. The van der Waals surface area contributed by atoms with E-state index in [0.717, 1.165) is 18.5 Å². The molecule has 1 N–H and O–H groups in total. The SMILES string of the molecule is C[C@H]1CCc2ccccc2N1CC(=O)Nc1ccc(F)cc1Cl. The number of hydrogen-bond donors (Lipinski definition) is 1. The number of hydrogen-bond acceptors (Lipinski definition) is 2. The van der Waals surface area contributed by atoms with Crippen LogP contribution < -0.4 is 10.2 Å². The van der Waals surface area contributed by atoms with Gasteiger partial charge in [-0.1, -0.05) is 29.8 Å². The van der Waals surface area contributed by atoms with Gasteiger partial charge in [-0.3, -0.25) is 4.79 Å². The minimum Gasteiger partial charge on any atom is -0.359 e. The van der Waals surface area contributed by atoms with E-state index < -0.39 is 5.82 Å². The van der Waals surface area contributed by atoms with Gasteiger partial charge in [0, 0.05) is 11.7 Å². The lowest BCUT2D eigenvalue weighted by Gasteiger charge is -2.36. The van der Waals surface area contributed by atoms with E-state index in [4.69, 9.17) is 11.6 Å². The maximum absolute atomic E-state index is 13.1. The molecule has 2 aromatic carbocycles. The van der Waals surface area contributed by atoms with Crippen molar-refractivity contribution in [3.05, 3.63) is 58.9 Å². The number of fused-ring (bicyclic) bond motifs is 1. The summed E-state index contributed by atoms with van der Waals surface area (Å²) in [7, 11) is 0. The fourth-order valence-corrected chi connectivity index (χ4v) is 3.15. The molecule has 0 saturated carbocycles. The topological polar surface area (TPSA) is 32.3 Å². The Kier molecular flexibility index (Phi) is 4.53. The molecule has 23 heavy (non-hydrogen) atoms. The number of benzene rings is 2. The molecule has 0 radical (unpaired) electrons. The third kappa shape index (κ3) is 3.48. The van der Waals surface area contributed by atoms with E-state index in [1.54, 1.807) is 0 Å². The molecule has 0 saturated heterocycles. The van der Waals surface area contributed by atoms with Crippen LogP contribution in [0.1, 0.15) is 18.9 Å². The van der Waals surface area contributed by atoms with Crippen LogP contribution in [-0.4, -0.2) is 18.5 Å². The van der Waals surface area contributed by atoms with Crippen molar-refractivity contribution in [2.45, 2.75) is 25.8 Å². The Labute approximate surface area is 140 Å². The normalized spacial score (nSPS) is 16.8. The molecule has 3 rings (SSSR count). The number of nitrogens with one attached hydrogen (secondary N) is 1. The molecular formula is C18H18ClFN2O. The van der Waals surface area contributed by atoms with Crippen molar-refractivity contribution >= 4 is 28.9 Å². The summed E-state index contributed by atoms with van der Waals surface area (Å²) >= 11 is 5.96. The summed E-state index contributed by atoms with van der Waals surface area (Å²) in [4.78, 5) is 14.5. The fraction of sp³-hybridized carbons (Fsp3) is 0.278. The van der Waals surface area contributed by atoms with E-state index in [2.05, 4.69) is 23.2 Å². The molecule has 5 heteroatoms. The molecule has 0 aliphatic carbocycles. The van der Waals surface area contributed by atoms with Crippen molar-refractivity contribution < 1.29 is 9.18 Å². The number of carbonyl (C=O) groups excluding carboxylic acids is 1. The maximum Gasteiger partial charge on any atom is 0.243 e. The fourth-order valence-electron chi connectivity index (χ4n) is 2.94. The molecule has 3 nitrogen and oxygen atoms in total. The van der Waals surface area contributed by atoms with Crippen LogP contribution in [0.5, 0.6) is 0 Å². The van der Waals surface area contributed by atoms with E-state index in [0.29, 0.717) is 11.7 Å². The highest BCUT2D eigenvalue weighted by molar-refractivity contribution is 6.33. The summed E-state index contributed by atoms with van der Waals surface area (Å²) in [5.74, 6) is -0.589. The molecule has 1 aliphatic rings. The first-order chi connectivity index (χ1) is 11.0. The Morgan fingerprint density at radius 1 is 1.35 bits per heavy atom. The smallest absolute Gasteiger partial charge is 0.243 e. The molecule has 1 heterocycles. The molecule has 0 bridgehead atoms. The summed E-state index contributed by atoms with van der Waals surface area (Å²) in [6, 6.07) is 12.4. The zero-order valence-electron chi connectivity index (χ0n) is 12.9. The van der Waals surface area contributed by atoms with Gasteiger partial charge in [0.05, 0.1) is 17.3 Å². The average Bonchev–Trinajstić information content (AvgIpc) is 2.53. The Morgan fingerprint density at radius 2 is 2.13 bits per heavy atom. The lowest BCUT2D eigenvalue weighted by Crippen LogP contribution is -2.42. The van der Waals surface area contributed by atoms with Crippen molar-refractivity contribution in [1.82, 2.24) is 0 Å². The van der Waals surface area contributed by atoms with E-state index in [9.17, 15) is 9.18 Å². The second-order valence-electron chi connectivity index (χ2n) is 5.82. The minimum absolute atomic E-state index is 0.165. The van der Waals surface area contributed by atoms with Gasteiger partial charge in [-0.05, 0) is 49.6 Å². The molecule has 1 aliphatic heterocycles. The molecule has 120 valence electrons. The van der Waals surface area contributed by atoms with Crippen molar-refractivity contribution in [2.75, 3.05) is 16.8 Å². The van der Waals surface area contributed by atoms with Crippen LogP contribution in [-0.2, 0) is 11.2 Å². The van der Waals surface area contributed by atoms with E-state index in [1.807, 2.05) is 18.2 Å². The van der Waals surface area contributed by atoms with Gasteiger partial charge in [0.1, 0.15) is 5.82 Å². The molecular weight excluding hydrogens is 315 g/mol. The van der Waals surface area contributed by atoms with Gasteiger partial charge < -0.3 is 10.2 Å². The van der Waals surface area contributed by atoms with Crippen molar-refractivity contribution in [3.8, 4) is 0 Å². The van der Waals surface area contributed by atoms with Crippen molar-refractivity contribution in [2.24, 2.45) is 0 Å². The lowest BCUT2D eigenvalue weighted by molar-refractivity contribution is -0.115. The Bertz CT molecular complexity index is 735. The molecule has 1 atom stereocenters. The quantitative estimate of drug-likeness (QED) is 0.911. The Morgan fingerprint density at radius 3 is 2.91 bits per heavy atom. The van der Waals surface area contributed by atoms with Crippen LogP contribution in [0.3, 0.4) is 0 Å². The Hall–Kier alpha value is -2.07. The van der Waals surface area contributed by atoms with Crippen LogP contribution >= 0.6 is 11.6 Å². The van der Waals surface area contributed by atoms with Crippen LogP contribution in [0, 0.1) is 5.82 Å². The standard InChI is InChI=1S/C18H18ClFN2O/c1-12-6-7-13-4-2-3-5-17(13)22(12)11-18(23)21-16-9-8-14(20)10-15(16)19/h2-5,8-10,12H,6-7,11H2,1H3,(H,21,23)/t12-/m0/s1. The number of rotatable bonds is 3. The first kappa shape index (κ1) is 15.8. The minimum atomic E-state index is -0.424. The van der Waals surface area contributed by atoms with Crippen LogP contribution in [0.25, 0.3) is 0 Å². The predicted octanol–water partition coefficient (Wildman–Crippen LogP) is 4.26. The largest absolute Gasteiger partial charge is 0.359 e. The number of halogens is 2. The van der Waals surface area contributed by atoms with Gasteiger partial charge in [0.15, 0.2) is 0 Å². The molecule has 2 aromatic rings. The third-order valence-corrected chi connectivity index (χ3v) is 4.50. The summed E-state index contributed by atoms with van der Waals surface area (Å²) in [6.07, 6.45) is 2.04. The van der Waals surface area contributed by atoms with Crippen molar-refractivity contribution in [3.63, 3.8) is 0 Å². The predicted molar refractivity (Wildman–Crippen MR) is 91.6 cm³/mol.